The highest BCUT2D eigenvalue weighted by atomic mass is 16.2. The van der Waals surface area contributed by atoms with Crippen LogP contribution in [0.25, 0.3) is 0 Å². The first-order valence-electron chi connectivity index (χ1n) is 4.70. The number of amides is 1. The summed E-state index contributed by atoms with van der Waals surface area (Å²) in [5, 5.41) is 11.7. The van der Waals surface area contributed by atoms with Gasteiger partial charge in [-0.2, -0.15) is 5.26 Å². The summed E-state index contributed by atoms with van der Waals surface area (Å²) >= 11 is 0. The van der Waals surface area contributed by atoms with E-state index in [2.05, 4.69) is 12.2 Å². The van der Waals surface area contributed by atoms with E-state index in [0.29, 0.717) is 0 Å². The lowest BCUT2D eigenvalue weighted by atomic mass is 9.94. The SMILES string of the molecule is CCC1(NC(=O)C(C)(C)C#N)CC1. The molecule has 0 saturated heterocycles. The average Bonchev–Trinajstić information content (AvgIpc) is 2.85. The second-order valence-electron chi connectivity index (χ2n) is 4.32. The maximum Gasteiger partial charge on any atom is 0.240 e. The van der Waals surface area contributed by atoms with Crippen LogP contribution in [-0.4, -0.2) is 11.4 Å². The minimum absolute atomic E-state index is 0.0191. The van der Waals surface area contributed by atoms with E-state index >= 15 is 0 Å². The molecule has 1 fully saturated rings. The van der Waals surface area contributed by atoms with Gasteiger partial charge in [0.25, 0.3) is 0 Å². The summed E-state index contributed by atoms with van der Waals surface area (Å²) in [5.74, 6) is -0.144. The summed E-state index contributed by atoms with van der Waals surface area (Å²) < 4.78 is 0. The molecule has 0 atom stereocenters. The molecular weight excluding hydrogens is 164 g/mol. The number of nitrogens with zero attached hydrogens (tertiary/aromatic N) is 1. The van der Waals surface area contributed by atoms with Crippen molar-refractivity contribution >= 4 is 5.91 Å². The van der Waals surface area contributed by atoms with Gasteiger partial charge in [-0.25, -0.2) is 0 Å². The molecular formula is C10H16N2O. The molecule has 72 valence electrons. The van der Waals surface area contributed by atoms with Crippen molar-refractivity contribution in [1.29, 1.82) is 5.26 Å². The molecule has 1 saturated carbocycles. The van der Waals surface area contributed by atoms with Crippen molar-refractivity contribution in [3.8, 4) is 6.07 Å². The average molecular weight is 180 g/mol. The van der Waals surface area contributed by atoms with Gasteiger partial charge in [0.15, 0.2) is 0 Å². The topological polar surface area (TPSA) is 52.9 Å². The highest BCUT2D eigenvalue weighted by Crippen LogP contribution is 2.39. The monoisotopic (exact) mass is 180 g/mol. The second kappa shape index (κ2) is 3.02. The molecule has 0 bridgehead atoms. The first-order chi connectivity index (χ1) is 5.96. The number of hydrogen-bond donors (Lipinski definition) is 1. The van der Waals surface area contributed by atoms with E-state index in [9.17, 15) is 4.79 Å². The first kappa shape index (κ1) is 10.0. The zero-order chi connectivity index (χ0) is 10.1. The molecule has 13 heavy (non-hydrogen) atoms. The maximum absolute atomic E-state index is 11.6. The smallest absolute Gasteiger partial charge is 0.240 e. The summed E-state index contributed by atoms with van der Waals surface area (Å²) in [5.41, 5.74) is -0.879. The van der Waals surface area contributed by atoms with Crippen LogP contribution >= 0.6 is 0 Å². The van der Waals surface area contributed by atoms with Crippen LogP contribution in [0.4, 0.5) is 0 Å². The van der Waals surface area contributed by atoms with Gasteiger partial charge in [-0.1, -0.05) is 6.92 Å². The third kappa shape index (κ3) is 2.00. The predicted octanol–water partition coefficient (Wildman–Crippen LogP) is 1.59. The number of nitriles is 1. The van der Waals surface area contributed by atoms with E-state index in [1.165, 1.54) is 0 Å². The van der Waals surface area contributed by atoms with Crippen molar-refractivity contribution in [3.63, 3.8) is 0 Å². The van der Waals surface area contributed by atoms with Crippen molar-refractivity contribution < 1.29 is 4.79 Å². The lowest BCUT2D eigenvalue weighted by Crippen LogP contribution is -2.43. The van der Waals surface area contributed by atoms with Crippen LogP contribution in [0.3, 0.4) is 0 Å². The molecule has 0 radical (unpaired) electrons. The normalized spacial score (nSPS) is 18.9. The molecule has 0 aromatic rings. The quantitative estimate of drug-likeness (QED) is 0.717. The van der Waals surface area contributed by atoms with Crippen LogP contribution in [0, 0.1) is 16.7 Å². The van der Waals surface area contributed by atoms with Crippen LogP contribution in [-0.2, 0) is 4.79 Å². The Hall–Kier alpha value is -1.04. The lowest BCUT2D eigenvalue weighted by Gasteiger charge is -2.21. The van der Waals surface area contributed by atoms with Gasteiger partial charge in [0.2, 0.25) is 5.91 Å². The van der Waals surface area contributed by atoms with E-state index in [1.807, 2.05) is 6.07 Å². The zero-order valence-corrected chi connectivity index (χ0v) is 8.48. The third-order valence-electron chi connectivity index (χ3n) is 2.76. The number of hydrogen-bond acceptors (Lipinski definition) is 2. The molecule has 0 spiro atoms. The van der Waals surface area contributed by atoms with Crippen molar-refractivity contribution in [2.24, 2.45) is 5.41 Å². The Morgan fingerprint density at radius 1 is 1.62 bits per heavy atom. The van der Waals surface area contributed by atoms with Crippen LogP contribution in [0.2, 0.25) is 0 Å². The maximum atomic E-state index is 11.6. The van der Waals surface area contributed by atoms with E-state index in [1.54, 1.807) is 13.8 Å². The molecule has 1 amide bonds. The second-order valence-corrected chi connectivity index (χ2v) is 4.32. The van der Waals surface area contributed by atoms with Crippen LogP contribution in [0.5, 0.6) is 0 Å². The highest BCUT2D eigenvalue weighted by Gasteiger charge is 2.44. The van der Waals surface area contributed by atoms with Gasteiger partial charge in [-0.05, 0) is 33.1 Å². The summed E-state index contributed by atoms with van der Waals surface area (Å²) in [6, 6.07) is 2.00. The summed E-state index contributed by atoms with van der Waals surface area (Å²) in [4.78, 5) is 11.6. The molecule has 1 rings (SSSR count). The van der Waals surface area contributed by atoms with E-state index in [0.717, 1.165) is 19.3 Å². The van der Waals surface area contributed by atoms with Gasteiger partial charge in [0.1, 0.15) is 5.41 Å². The van der Waals surface area contributed by atoms with E-state index in [-0.39, 0.29) is 11.4 Å². The summed E-state index contributed by atoms with van der Waals surface area (Å²) in [6.07, 6.45) is 3.06. The number of nitrogens with one attached hydrogen (secondary N) is 1. The molecule has 0 aromatic carbocycles. The fourth-order valence-corrected chi connectivity index (χ4v) is 1.17. The Balaban J connectivity index is 2.57. The van der Waals surface area contributed by atoms with Crippen molar-refractivity contribution in [2.45, 2.75) is 45.6 Å². The minimum Gasteiger partial charge on any atom is -0.349 e. The lowest BCUT2D eigenvalue weighted by molar-refractivity contribution is -0.127. The fourth-order valence-electron chi connectivity index (χ4n) is 1.17. The van der Waals surface area contributed by atoms with Gasteiger partial charge < -0.3 is 5.32 Å². The van der Waals surface area contributed by atoms with Crippen molar-refractivity contribution in [2.75, 3.05) is 0 Å². The predicted molar refractivity (Wildman–Crippen MR) is 49.8 cm³/mol. The molecule has 0 aromatic heterocycles. The van der Waals surface area contributed by atoms with Gasteiger partial charge in [0.05, 0.1) is 6.07 Å². The Bertz CT molecular complexity index is 259. The summed E-state index contributed by atoms with van der Waals surface area (Å²) in [6.45, 7) is 5.36. The number of rotatable bonds is 3. The van der Waals surface area contributed by atoms with Gasteiger partial charge in [-0.3, -0.25) is 4.79 Å². The Labute approximate surface area is 79.1 Å². The minimum atomic E-state index is -0.898. The van der Waals surface area contributed by atoms with Crippen LogP contribution < -0.4 is 5.32 Å². The standard InChI is InChI=1S/C10H16N2O/c1-4-10(5-6-10)12-8(13)9(2,3)7-11/h4-6H2,1-3H3,(H,12,13). The largest absolute Gasteiger partial charge is 0.349 e. The third-order valence-corrected chi connectivity index (χ3v) is 2.76. The van der Waals surface area contributed by atoms with Gasteiger partial charge in [-0.15, -0.1) is 0 Å². The molecule has 3 heteroatoms. The Morgan fingerprint density at radius 3 is 2.46 bits per heavy atom. The fraction of sp³-hybridized carbons (Fsp3) is 0.800. The molecule has 0 unspecified atom stereocenters. The molecule has 0 heterocycles. The first-order valence-corrected chi connectivity index (χ1v) is 4.70. The molecule has 1 aliphatic rings. The van der Waals surface area contributed by atoms with Crippen LogP contribution in [0.15, 0.2) is 0 Å². The van der Waals surface area contributed by atoms with Crippen LogP contribution in [0.1, 0.15) is 40.0 Å². The van der Waals surface area contributed by atoms with Gasteiger partial charge in [0, 0.05) is 5.54 Å². The number of carbonyl (C=O) groups excluding carboxylic acids is 1. The highest BCUT2D eigenvalue weighted by molar-refractivity contribution is 5.85. The molecule has 1 aliphatic carbocycles. The Kier molecular flexibility index (Phi) is 2.34. The van der Waals surface area contributed by atoms with Crippen molar-refractivity contribution in [1.82, 2.24) is 5.32 Å². The summed E-state index contributed by atoms with van der Waals surface area (Å²) in [7, 11) is 0. The molecule has 1 N–H and O–H groups in total. The van der Waals surface area contributed by atoms with Crippen molar-refractivity contribution in [3.05, 3.63) is 0 Å². The molecule has 3 nitrogen and oxygen atoms in total. The number of carbonyl (C=O) groups is 1. The Morgan fingerprint density at radius 2 is 2.15 bits per heavy atom. The van der Waals surface area contributed by atoms with Gasteiger partial charge >= 0.3 is 0 Å². The van der Waals surface area contributed by atoms with E-state index in [4.69, 9.17) is 5.26 Å². The van der Waals surface area contributed by atoms with E-state index < -0.39 is 5.41 Å². The zero-order valence-electron chi connectivity index (χ0n) is 8.48. The molecule has 0 aliphatic heterocycles.